The zero-order chi connectivity index (χ0) is 20.2. The largest absolute Gasteiger partial charge is 0.497 e. The molecule has 0 aliphatic carbocycles. The highest BCUT2D eigenvalue weighted by Crippen LogP contribution is 2.20. The van der Waals surface area contributed by atoms with Crippen molar-refractivity contribution in [3.63, 3.8) is 0 Å². The number of carbonyl (C=O) groups excluding carboxylic acids is 3. The summed E-state index contributed by atoms with van der Waals surface area (Å²) in [5.41, 5.74) is 0.928. The highest BCUT2D eigenvalue weighted by Gasteiger charge is 2.26. The van der Waals surface area contributed by atoms with Gasteiger partial charge in [-0.15, -0.1) is 0 Å². The van der Waals surface area contributed by atoms with E-state index in [0.717, 1.165) is 23.1 Å². The zero-order valence-electron chi connectivity index (χ0n) is 16.2. The Labute approximate surface area is 169 Å². The van der Waals surface area contributed by atoms with Crippen LogP contribution in [-0.4, -0.2) is 55.0 Å². The van der Waals surface area contributed by atoms with Gasteiger partial charge >= 0.3 is 5.97 Å². The quantitative estimate of drug-likeness (QED) is 0.558. The Hall–Kier alpha value is -1.67. The van der Waals surface area contributed by atoms with Crippen molar-refractivity contribution in [3.05, 3.63) is 29.8 Å². The van der Waals surface area contributed by atoms with Gasteiger partial charge in [0.2, 0.25) is 5.91 Å². The average Bonchev–Trinajstić information content (AvgIpc) is 2.67. The molecule has 0 fully saturated rings. The van der Waals surface area contributed by atoms with Crippen LogP contribution in [0.3, 0.4) is 0 Å². The van der Waals surface area contributed by atoms with Gasteiger partial charge in [-0.1, -0.05) is 23.9 Å². The minimum Gasteiger partial charge on any atom is -0.497 e. The fraction of sp³-hybridized carbons (Fsp3) is 0.526. The molecule has 0 aliphatic rings. The van der Waals surface area contributed by atoms with Gasteiger partial charge in [-0.05, 0) is 42.5 Å². The van der Waals surface area contributed by atoms with E-state index in [9.17, 15) is 14.4 Å². The smallest absolute Gasteiger partial charge is 0.328 e. The molecule has 1 N–H and O–H groups in total. The van der Waals surface area contributed by atoms with Gasteiger partial charge in [-0.2, -0.15) is 11.8 Å². The summed E-state index contributed by atoms with van der Waals surface area (Å²) in [6, 6.07) is 6.78. The molecule has 0 aliphatic heterocycles. The van der Waals surface area contributed by atoms with Gasteiger partial charge in [0.1, 0.15) is 11.8 Å². The van der Waals surface area contributed by atoms with Gasteiger partial charge in [0.05, 0.1) is 20.1 Å². The van der Waals surface area contributed by atoms with E-state index in [2.05, 4.69) is 5.32 Å². The molecule has 0 heterocycles. The second-order valence-corrected chi connectivity index (χ2v) is 8.10. The molecular weight excluding hydrogens is 386 g/mol. The van der Waals surface area contributed by atoms with Gasteiger partial charge in [-0.25, -0.2) is 4.79 Å². The molecule has 0 saturated heterocycles. The van der Waals surface area contributed by atoms with Crippen LogP contribution in [0.4, 0.5) is 0 Å². The maximum Gasteiger partial charge on any atom is 0.328 e. The first-order chi connectivity index (χ1) is 12.9. The van der Waals surface area contributed by atoms with E-state index in [1.165, 1.54) is 14.0 Å². The second kappa shape index (κ2) is 12.7. The number of thioether (sulfide) groups is 2. The van der Waals surface area contributed by atoms with Crippen molar-refractivity contribution in [2.45, 2.75) is 25.8 Å². The van der Waals surface area contributed by atoms with Crippen LogP contribution in [0, 0.1) is 5.92 Å². The number of nitrogens with one attached hydrogen (secondary N) is 1. The highest BCUT2D eigenvalue weighted by molar-refractivity contribution is 8.13. The van der Waals surface area contributed by atoms with Crippen LogP contribution in [0.5, 0.6) is 5.75 Å². The summed E-state index contributed by atoms with van der Waals surface area (Å²) in [7, 11) is 2.89. The Morgan fingerprint density at radius 2 is 1.96 bits per heavy atom. The van der Waals surface area contributed by atoms with Crippen molar-refractivity contribution in [1.82, 2.24) is 5.32 Å². The van der Waals surface area contributed by atoms with E-state index in [1.54, 1.807) is 18.9 Å². The second-order valence-electron chi connectivity index (χ2n) is 5.92. The number of hydrogen-bond acceptors (Lipinski definition) is 7. The summed E-state index contributed by atoms with van der Waals surface area (Å²) in [5, 5.41) is 2.74. The molecule has 0 saturated carbocycles. The lowest BCUT2D eigenvalue weighted by Gasteiger charge is -2.21. The Bertz CT molecular complexity index is 638. The van der Waals surface area contributed by atoms with Crippen LogP contribution < -0.4 is 10.1 Å². The van der Waals surface area contributed by atoms with Crippen LogP contribution >= 0.6 is 23.5 Å². The molecule has 8 heteroatoms. The molecule has 0 unspecified atom stereocenters. The summed E-state index contributed by atoms with van der Waals surface area (Å²) in [4.78, 5) is 36.2. The lowest BCUT2D eigenvalue weighted by Crippen LogP contribution is -2.45. The van der Waals surface area contributed by atoms with Crippen LogP contribution in [0.1, 0.15) is 18.9 Å². The predicted molar refractivity (Wildman–Crippen MR) is 110 cm³/mol. The van der Waals surface area contributed by atoms with Gasteiger partial charge < -0.3 is 14.8 Å². The van der Waals surface area contributed by atoms with Crippen LogP contribution in [0.15, 0.2) is 24.3 Å². The third-order valence-electron chi connectivity index (χ3n) is 3.89. The van der Waals surface area contributed by atoms with Gasteiger partial charge in [0.25, 0.3) is 0 Å². The van der Waals surface area contributed by atoms with E-state index in [1.807, 2.05) is 30.5 Å². The van der Waals surface area contributed by atoms with Crippen molar-refractivity contribution in [3.8, 4) is 5.75 Å². The topological polar surface area (TPSA) is 81.7 Å². The van der Waals surface area contributed by atoms with Gasteiger partial charge in [-0.3, -0.25) is 9.59 Å². The molecule has 1 rings (SSSR count). The van der Waals surface area contributed by atoms with Crippen molar-refractivity contribution in [1.29, 1.82) is 0 Å². The molecule has 6 nitrogen and oxygen atoms in total. The minimum absolute atomic E-state index is 0.0506. The van der Waals surface area contributed by atoms with Gasteiger partial charge in [0.15, 0.2) is 5.12 Å². The van der Waals surface area contributed by atoms with Crippen LogP contribution in [0.2, 0.25) is 0 Å². The Morgan fingerprint density at radius 1 is 1.22 bits per heavy atom. The SMILES string of the molecule is COC(=O)[C@H](CCSC)NC(=O)[C@@H](CSC(C)=O)Cc1cccc(OC)c1. The zero-order valence-corrected chi connectivity index (χ0v) is 17.8. The third-order valence-corrected chi connectivity index (χ3v) is 5.51. The van der Waals surface area contributed by atoms with Crippen molar-refractivity contribution < 1.29 is 23.9 Å². The van der Waals surface area contributed by atoms with E-state index in [-0.39, 0.29) is 11.0 Å². The maximum absolute atomic E-state index is 12.8. The molecule has 0 aromatic heterocycles. The number of rotatable bonds is 11. The van der Waals surface area contributed by atoms with E-state index < -0.39 is 17.9 Å². The number of benzene rings is 1. The van der Waals surface area contributed by atoms with E-state index in [0.29, 0.717) is 24.3 Å². The minimum atomic E-state index is -0.690. The van der Waals surface area contributed by atoms with Crippen LogP contribution in [0.25, 0.3) is 0 Å². The fourth-order valence-electron chi connectivity index (χ4n) is 2.45. The molecular formula is C19H27NO5S2. The first-order valence-corrected chi connectivity index (χ1v) is 10.9. The highest BCUT2D eigenvalue weighted by atomic mass is 32.2. The van der Waals surface area contributed by atoms with E-state index in [4.69, 9.17) is 9.47 Å². The fourth-order valence-corrected chi connectivity index (χ4v) is 3.62. The summed E-state index contributed by atoms with van der Waals surface area (Å²) >= 11 is 2.70. The number of carbonyl (C=O) groups is 3. The summed E-state index contributed by atoms with van der Waals surface area (Å²) < 4.78 is 10.0. The maximum atomic E-state index is 12.8. The molecule has 1 aromatic rings. The van der Waals surface area contributed by atoms with Gasteiger partial charge in [0, 0.05) is 12.7 Å². The van der Waals surface area contributed by atoms with Crippen LogP contribution in [-0.2, 0) is 25.5 Å². The molecule has 0 bridgehead atoms. The molecule has 0 radical (unpaired) electrons. The normalized spacial score (nSPS) is 12.7. The number of hydrogen-bond donors (Lipinski definition) is 1. The molecule has 27 heavy (non-hydrogen) atoms. The van der Waals surface area contributed by atoms with Crippen molar-refractivity contribution in [2.24, 2.45) is 5.92 Å². The predicted octanol–water partition coefficient (Wildman–Crippen LogP) is 2.54. The molecule has 2 atom stereocenters. The number of methoxy groups -OCH3 is 2. The standard InChI is InChI=1S/C19H27NO5S2/c1-13(21)27-12-15(10-14-6-5-7-16(11-14)24-2)18(22)20-17(8-9-26-4)19(23)25-3/h5-7,11,15,17H,8-10,12H2,1-4H3,(H,20,22)/t15-,17+/m1/s1. The van der Waals surface area contributed by atoms with E-state index >= 15 is 0 Å². The third kappa shape index (κ3) is 8.71. The number of ether oxygens (including phenoxy) is 2. The first-order valence-electron chi connectivity index (χ1n) is 8.54. The first kappa shape index (κ1) is 23.4. The lowest BCUT2D eigenvalue weighted by atomic mass is 9.99. The van der Waals surface area contributed by atoms with Crippen molar-refractivity contribution >= 4 is 40.5 Å². The lowest BCUT2D eigenvalue weighted by molar-refractivity contribution is -0.145. The Balaban J connectivity index is 2.90. The molecule has 1 amide bonds. The number of esters is 1. The Morgan fingerprint density at radius 3 is 2.56 bits per heavy atom. The summed E-state index contributed by atoms with van der Waals surface area (Å²) in [6.45, 7) is 1.47. The molecule has 150 valence electrons. The molecule has 0 spiro atoms. The van der Waals surface area contributed by atoms with Crippen molar-refractivity contribution in [2.75, 3.05) is 32.0 Å². The summed E-state index contributed by atoms with van der Waals surface area (Å²) in [6.07, 6.45) is 2.87. The monoisotopic (exact) mass is 413 g/mol. The summed E-state index contributed by atoms with van der Waals surface area (Å²) in [5.74, 6) is 0.600. The average molecular weight is 414 g/mol. The number of amides is 1. The Kier molecular flexibility index (Phi) is 11.0. The molecule has 1 aromatic carbocycles.